The fourth-order valence-electron chi connectivity index (χ4n) is 4.28. The molecule has 2 amide bonds. The van der Waals surface area contributed by atoms with Gasteiger partial charge in [0, 0.05) is 6.54 Å². The Balaban J connectivity index is 1.54. The highest BCUT2D eigenvalue weighted by molar-refractivity contribution is 7.92. The molecule has 0 bridgehead atoms. The molecule has 0 saturated carbocycles. The van der Waals surface area contributed by atoms with Gasteiger partial charge in [-0.3, -0.25) is 0 Å². The molecular formula is C21H26ClN3O5S. The number of rotatable bonds is 4. The Morgan fingerprint density at radius 2 is 2.03 bits per heavy atom. The number of benzene rings is 1. The zero-order chi connectivity index (χ0) is 22.0. The number of fused-ring (bicyclic) bond motifs is 1. The minimum Gasteiger partial charge on any atom is -0.504 e. The van der Waals surface area contributed by atoms with Crippen molar-refractivity contribution in [2.45, 2.75) is 54.7 Å². The molecule has 1 aromatic carbocycles. The molecule has 2 atom stereocenters. The summed E-state index contributed by atoms with van der Waals surface area (Å²) in [7, 11) is -3.90. The van der Waals surface area contributed by atoms with E-state index in [0.29, 0.717) is 13.0 Å². The molecule has 1 saturated heterocycles. The van der Waals surface area contributed by atoms with Gasteiger partial charge in [0.15, 0.2) is 15.6 Å². The standard InChI is InChI=1S/C21H26ClN3O5S/c22-15-7-8-16(18(26)20(15)31(28,29)14-5-1-2-10-23-12-14)24-21(27)25-17-6-3-4-13-9-11-30-19(13)17/h7-9,11,14,17,23,26H,1-6,10,12H2,(H2,24,25,27). The van der Waals surface area contributed by atoms with Gasteiger partial charge in [-0.05, 0) is 62.4 Å². The molecule has 8 nitrogen and oxygen atoms in total. The number of urea groups is 1. The van der Waals surface area contributed by atoms with E-state index in [4.69, 9.17) is 16.0 Å². The number of phenolic OH excluding ortho intramolecular Hbond substituents is 1. The van der Waals surface area contributed by atoms with Crippen molar-refractivity contribution >= 4 is 33.2 Å². The third-order valence-corrected chi connectivity index (χ3v) is 8.59. The highest BCUT2D eigenvalue weighted by Gasteiger charge is 2.34. The van der Waals surface area contributed by atoms with Crippen LogP contribution in [0.5, 0.6) is 5.75 Å². The van der Waals surface area contributed by atoms with Gasteiger partial charge in [-0.2, -0.15) is 0 Å². The number of aromatic hydroxyl groups is 1. The van der Waals surface area contributed by atoms with Crippen molar-refractivity contribution in [3.05, 3.63) is 40.8 Å². The molecule has 31 heavy (non-hydrogen) atoms. The summed E-state index contributed by atoms with van der Waals surface area (Å²) in [6.45, 7) is 1.05. The molecule has 10 heteroatoms. The number of anilines is 1. The van der Waals surface area contributed by atoms with Crippen molar-refractivity contribution in [1.29, 1.82) is 0 Å². The van der Waals surface area contributed by atoms with Crippen LogP contribution in [0.1, 0.15) is 49.5 Å². The third kappa shape index (κ3) is 4.53. The van der Waals surface area contributed by atoms with Crippen LogP contribution in [0, 0.1) is 0 Å². The van der Waals surface area contributed by atoms with Crippen molar-refractivity contribution in [2.24, 2.45) is 0 Å². The third-order valence-electron chi connectivity index (χ3n) is 5.90. The fourth-order valence-corrected chi connectivity index (χ4v) is 6.62. The Morgan fingerprint density at radius 3 is 2.87 bits per heavy atom. The predicted molar refractivity (Wildman–Crippen MR) is 117 cm³/mol. The Hall–Kier alpha value is -2.23. The molecule has 2 aromatic rings. The minimum absolute atomic E-state index is 0.0162. The van der Waals surface area contributed by atoms with Crippen molar-refractivity contribution < 1.29 is 22.7 Å². The maximum absolute atomic E-state index is 13.2. The number of carbonyl (C=O) groups is 1. The van der Waals surface area contributed by atoms with Gasteiger partial charge in [-0.25, -0.2) is 13.2 Å². The summed E-state index contributed by atoms with van der Waals surface area (Å²) in [4.78, 5) is 12.2. The van der Waals surface area contributed by atoms with Crippen LogP contribution < -0.4 is 16.0 Å². The smallest absolute Gasteiger partial charge is 0.319 e. The summed E-state index contributed by atoms with van der Waals surface area (Å²) in [6, 6.07) is 3.81. The van der Waals surface area contributed by atoms with Crippen molar-refractivity contribution in [3.8, 4) is 5.75 Å². The van der Waals surface area contributed by atoms with E-state index < -0.39 is 26.9 Å². The Morgan fingerprint density at radius 1 is 1.19 bits per heavy atom. The second kappa shape index (κ2) is 9.10. The van der Waals surface area contributed by atoms with Gasteiger partial charge in [0.05, 0.1) is 28.3 Å². The van der Waals surface area contributed by atoms with E-state index in [9.17, 15) is 18.3 Å². The van der Waals surface area contributed by atoms with Gasteiger partial charge in [-0.1, -0.05) is 18.0 Å². The fraction of sp³-hybridized carbons (Fsp3) is 0.476. The number of nitrogens with one attached hydrogen (secondary N) is 3. The number of sulfone groups is 1. The molecule has 2 unspecified atom stereocenters. The molecular weight excluding hydrogens is 442 g/mol. The van der Waals surface area contributed by atoms with Gasteiger partial charge in [0.2, 0.25) is 0 Å². The average molecular weight is 468 g/mol. The number of carbonyl (C=O) groups excluding carboxylic acids is 1. The van der Waals surface area contributed by atoms with Crippen molar-refractivity contribution in [1.82, 2.24) is 10.6 Å². The van der Waals surface area contributed by atoms with E-state index in [1.807, 2.05) is 6.07 Å². The lowest BCUT2D eigenvalue weighted by atomic mass is 9.94. The van der Waals surface area contributed by atoms with Crippen LogP contribution in [0.15, 0.2) is 33.8 Å². The van der Waals surface area contributed by atoms with E-state index in [1.165, 1.54) is 12.1 Å². The van der Waals surface area contributed by atoms with Crippen LogP contribution in [-0.2, 0) is 16.3 Å². The van der Waals surface area contributed by atoms with Crippen LogP contribution in [0.2, 0.25) is 5.02 Å². The molecule has 0 radical (unpaired) electrons. The Bertz CT molecular complexity index is 1060. The topological polar surface area (TPSA) is 121 Å². The summed E-state index contributed by atoms with van der Waals surface area (Å²) < 4.78 is 31.9. The molecule has 168 valence electrons. The van der Waals surface area contributed by atoms with Crippen LogP contribution in [-0.4, -0.2) is 37.9 Å². The number of aryl methyl sites for hydroxylation is 1. The van der Waals surface area contributed by atoms with Crippen LogP contribution in [0.4, 0.5) is 10.5 Å². The summed E-state index contributed by atoms with van der Waals surface area (Å²) in [5.41, 5.74) is 1.05. The monoisotopic (exact) mass is 467 g/mol. The van der Waals surface area contributed by atoms with E-state index in [0.717, 1.165) is 50.0 Å². The molecule has 4 rings (SSSR count). The molecule has 4 N–H and O–H groups in total. The van der Waals surface area contributed by atoms with E-state index in [-0.39, 0.29) is 21.6 Å². The van der Waals surface area contributed by atoms with Gasteiger partial charge in [0.1, 0.15) is 10.7 Å². The molecule has 1 aromatic heterocycles. The number of furan rings is 1. The number of halogens is 1. The molecule has 1 aliphatic heterocycles. The highest BCUT2D eigenvalue weighted by Crippen LogP contribution is 2.39. The van der Waals surface area contributed by atoms with Gasteiger partial charge in [0.25, 0.3) is 0 Å². The highest BCUT2D eigenvalue weighted by atomic mass is 35.5. The average Bonchev–Trinajstić information content (AvgIpc) is 3.04. The zero-order valence-electron chi connectivity index (χ0n) is 17.0. The first-order chi connectivity index (χ1) is 14.9. The van der Waals surface area contributed by atoms with Crippen LogP contribution in [0.25, 0.3) is 0 Å². The van der Waals surface area contributed by atoms with Gasteiger partial charge >= 0.3 is 6.03 Å². The number of hydrogen-bond acceptors (Lipinski definition) is 6. The number of amides is 2. The zero-order valence-corrected chi connectivity index (χ0v) is 18.6. The Kier molecular flexibility index (Phi) is 6.45. The van der Waals surface area contributed by atoms with Gasteiger partial charge < -0.3 is 25.5 Å². The lowest BCUT2D eigenvalue weighted by molar-refractivity contribution is 0.244. The lowest BCUT2D eigenvalue weighted by Crippen LogP contribution is -2.34. The van der Waals surface area contributed by atoms with Crippen LogP contribution in [0.3, 0.4) is 0 Å². The summed E-state index contributed by atoms with van der Waals surface area (Å²) in [6.07, 6.45) is 6.30. The summed E-state index contributed by atoms with van der Waals surface area (Å²) in [5.74, 6) is 0.181. The molecule has 0 spiro atoms. The molecule has 2 aliphatic rings. The second-order valence-electron chi connectivity index (χ2n) is 7.99. The first kappa shape index (κ1) is 22.0. The predicted octanol–water partition coefficient (Wildman–Crippen LogP) is 3.75. The minimum atomic E-state index is -3.90. The molecule has 1 aliphatic carbocycles. The number of hydrogen-bond donors (Lipinski definition) is 4. The summed E-state index contributed by atoms with van der Waals surface area (Å²) in [5, 5.41) is 18.5. The normalized spacial score (nSPS) is 21.7. The van der Waals surface area contributed by atoms with E-state index in [1.54, 1.807) is 6.26 Å². The van der Waals surface area contributed by atoms with Crippen molar-refractivity contribution in [2.75, 3.05) is 18.4 Å². The van der Waals surface area contributed by atoms with Crippen LogP contribution >= 0.6 is 11.6 Å². The second-order valence-corrected chi connectivity index (χ2v) is 10.6. The van der Waals surface area contributed by atoms with E-state index >= 15 is 0 Å². The largest absolute Gasteiger partial charge is 0.504 e. The van der Waals surface area contributed by atoms with Gasteiger partial charge in [-0.15, -0.1) is 0 Å². The Labute approximate surface area is 186 Å². The molecule has 2 heterocycles. The van der Waals surface area contributed by atoms with Crippen molar-refractivity contribution in [3.63, 3.8) is 0 Å². The molecule has 1 fully saturated rings. The maximum Gasteiger partial charge on any atom is 0.319 e. The van der Waals surface area contributed by atoms with E-state index in [2.05, 4.69) is 16.0 Å². The maximum atomic E-state index is 13.2. The quantitative estimate of drug-likeness (QED) is 0.508. The SMILES string of the molecule is O=C(Nc1ccc(Cl)c(S(=O)(=O)C2CCCCNC2)c1O)NC1CCCc2ccoc21. The first-order valence-electron chi connectivity index (χ1n) is 10.5. The first-order valence-corrected chi connectivity index (χ1v) is 12.4. The number of phenols is 1. The lowest BCUT2D eigenvalue weighted by Gasteiger charge is -2.23. The summed E-state index contributed by atoms with van der Waals surface area (Å²) >= 11 is 6.18.